The molecule has 0 aliphatic carbocycles. The number of hydrogen-bond acceptors (Lipinski definition) is 4. The number of rotatable bonds is 5. The Morgan fingerprint density at radius 3 is 2.58 bits per heavy atom. The minimum atomic E-state index is -0.408. The highest BCUT2D eigenvalue weighted by Crippen LogP contribution is 2.26. The molecule has 26 heavy (non-hydrogen) atoms. The quantitative estimate of drug-likeness (QED) is 0.671. The van der Waals surface area contributed by atoms with Crippen molar-refractivity contribution < 1.29 is 9.59 Å². The van der Waals surface area contributed by atoms with E-state index in [9.17, 15) is 9.59 Å². The van der Waals surface area contributed by atoms with Gasteiger partial charge in [-0.1, -0.05) is 51.5 Å². The van der Waals surface area contributed by atoms with Gasteiger partial charge in [-0.2, -0.15) is 0 Å². The van der Waals surface area contributed by atoms with Crippen LogP contribution in [-0.2, 0) is 11.3 Å². The Morgan fingerprint density at radius 2 is 1.85 bits per heavy atom. The first-order chi connectivity index (χ1) is 12.5. The lowest BCUT2D eigenvalue weighted by atomic mass is 10.2. The maximum Gasteiger partial charge on any atom is 0.277 e. The summed E-state index contributed by atoms with van der Waals surface area (Å²) < 4.78 is 2.37. The van der Waals surface area contributed by atoms with E-state index in [0.717, 1.165) is 10.0 Å². The summed E-state index contributed by atoms with van der Waals surface area (Å²) >= 11 is 3.35. The van der Waals surface area contributed by atoms with Crippen LogP contribution in [0, 0.1) is 0 Å². The fraction of sp³-hybridized carbons (Fsp3) is 0.111. The number of carbonyl (C=O) groups is 2. The standard InChI is InChI=1S/C18H16BrN5O2/c1-12(25)20-15-8-7-14(19)9-16(15)21-18(26)17-11-24(23-22-17)10-13-5-3-2-4-6-13/h2-9,11H,10H2,1H3,(H,20,25)(H,21,26). The molecular formula is C18H16BrN5O2. The van der Waals surface area contributed by atoms with Crippen LogP contribution in [0.4, 0.5) is 11.4 Å². The Kier molecular flexibility index (Phi) is 5.43. The summed E-state index contributed by atoms with van der Waals surface area (Å²) in [5.74, 6) is -0.634. The van der Waals surface area contributed by atoms with Crippen molar-refractivity contribution in [2.45, 2.75) is 13.5 Å². The van der Waals surface area contributed by atoms with Gasteiger partial charge in [0.1, 0.15) is 0 Å². The van der Waals surface area contributed by atoms with Gasteiger partial charge >= 0.3 is 0 Å². The lowest BCUT2D eigenvalue weighted by Gasteiger charge is -2.11. The smallest absolute Gasteiger partial charge is 0.277 e. The summed E-state index contributed by atoms with van der Waals surface area (Å²) in [6.45, 7) is 1.93. The third-order valence-corrected chi connectivity index (χ3v) is 3.99. The largest absolute Gasteiger partial charge is 0.325 e. The van der Waals surface area contributed by atoms with E-state index in [1.807, 2.05) is 30.3 Å². The van der Waals surface area contributed by atoms with E-state index >= 15 is 0 Å². The van der Waals surface area contributed by atoms with E-state index in [1.54, 1.807) is 29.1 Å². The number of aromatic nitrogens is 3. The molecule has 0 radical (unpaired) electrons. The van der Waals surface area contributed by atoms with E-state index in [0.29, 0.717) is 17.9 Å². The molecule has 2 amide bonds. The van der Waals surface area contributed by atoms with Crippen molar-refractivity contribution in [1.82, 2.24) is 15.0 Å². The Balaban J connectivity index is 1.75. The van der Waals surface area contributed by atoms with Gasteiger partial charge in [0.05, 0.1) is 24.1 Å². The van der Waals surface area contributed by atoms with Gasteiger partial charge in [0.25, 0.3) is 5.91 Å². The third-order valence-electron chi connectivity index (χ3n) is 3.50. The first-order valence-electron chi connectivity index (χ1n) is 7.84. The topological polar surface area (TPSA) is 88.9 Å². The number of halogens is 1. The molecule has 0 fully saturated rings. The van der Waals surface area contributed by atoms with Gasteiger partial charge in [-0.05, 0) is 23.8 Å². The Labute approximate surface area is 158 Å². The van der Waals surface area contributed by atoms with Crippen molar-refractivity contribution in [3.63, 3.8) is 0 Å². The zero-order valence-electron chi connectivity index (χ0n) is 13.9. The average Bonchev–Trinajstić information content (AvgIpc) is 3.06. The minimum absolute atomic E-state index is 0.190. The van der Waals surface area contributed by atoms with Crippen LogP contribution in [0.3, 0.4) is 0 Å². The van der Waals surface area contributed by atoms with Crippen LogP contribution in [0.2, 0.25) is 0 Å². The molecule has 7 nitrogen and oxygen atoms in total. The number of benzene rings is 2. The van der Waals surface area contributed by atoms with Crippen LogP contribution in [0.5, 0.6) is 0 Å². The first-order valence-corrected chi connectivity index (χ1v) is 8.63. The van der Waals surface area contributed by atoms with Crippen LogP contribution >= 0.6 is 15.9 Å². The molecule has 132 valence electrons. The Morgan fingerprint density at radius 1 is 1.08 bits per heavy atom. The molecule has 3 rings (SSSR count). The summed E-state index contributed by atoms with van der Waals surface area (Å²) in [4.78, 5) is 23.8. The van der Waals surface area contributed by atoms with Gasteiger partial charge in [0.2, 0.25) is 5.91 Å². The molecule has 0 aliphatic heterocycles. The van der Waals surface area contributed by atoms with Crippen molar-refractivity contribution in [3.05, 3.63) is 70.5 Å². The SMILES string of the molecule is CC(=O)Nc1ccc(Br)cc1NC(=O)c1cn(Cc2ccccc2)nn1. The van der Waals surface area contributed by atoms with Gasteiger partial charge in [-0.3, -0.25) is 9.59 Å². The minimum Gasteiger partial charge on any atom is -0.325 e. The highest BCUT2D eigenvalue weighted by atomic mass is 79.9. The average molecular weight is 414 g/mol. The lowest BCUT2D eigenvalue weighted by Crippen LogP contribution is -2.15. The van der Waals surface area contributed by atoms with Crippen molar-refractivity contribution in [2.75, 3.05) is 10.6 Å². The summed E-state index contributed by atoms with van der Waals surface area (Å²) in [5.41, 5.74) is 2.22. The van der Waals surface area contributed by atoms with Gasteiger partial charge in [-0.25, -0.2) is 4.68 Å². The van der Waals surface area contributed by atoms with Crippen LogP contribution in [0.15, 0.2) is 59.2 Å². The van der Waals surface area contributed by atoms with E-state index in [-0.39, 0.29) is 11.6 Å². The Bertz CT molecular complexity index is 940. The molecule has 0 saturated heterocycles. The molecule has 2 N–H and O–H groups in total. The van der Waals surface area contributed by atoms with Gasteiger partial charge in [0.15, 0.2) is 5.69 Å². The normalized spacial score (nSPS) is 10.4. The maximum absolute atomic E-state index is 12.5. The lowest BCUT2D eigenvalue weighted by molar-refractivity contribution is -0.114. The highest BCUT2D eigenvalue weighted by Gasteiger charge is 2.14. The van der Waals surface area contributed by atoms with Crippen molar-refractivity contribution in [1.29, 1.82) is 0 Å². The molecule has 0 saturated carbocycles. The molecule has 3 aromatic rings. The fourth-order valence-corrected chi connectivity index (χ4v) is 2.72. The van der Waals surface area contributed by atoms with Crippen molar-refractivity contribution in [3.8, 4) is 0 Å². The van der Waals surface area contributed by atoms with E-state index < -0.39 is 5.91 Å². The molecule has 8 heteroatoms. The van der Waals surface area contributed by atoms with Crippen LogP contribution in [0.25, 0.3) is 0 Å². The predicted octanol–water partition coefficient (Wildman–Crippen LogP) is 3.30. The van der Waals surface area contributed by atoms with Crippen LogP contribution < -0.4 is 10.6 Å². The molecule has 1 aromatic heterocycles. The summed E-state index contributed by atoms with van der Waals surface area (Å²) in [7, 11) is 0. The number of nitrogens with one attached hydrogen (secondary N) is 2. The molecule has 0 spiro atoms. The molecule has 0 unspecified atom stereocenters. The summed E-state index contributed by atoms with van der Waals surface area (Å²) in [6.07, 6.45) is 1.58. The monoisotopic (exact) mass is 413 g/mol. The zero-order valence-corrected chi connectivity index (χ0v) is 15.5. The van der Waals surface area contributed by atoms with Crippen LogP contribution in [0.1, 0.15) is 23.0 Å². The fourth-order valence-electron chi connectivity index (χ4n) is 2.36. The van der Waals surface area contributed by atoms with E-state index in [1.165, 1.54) is 6.92 Å². The summed E-state index contributed by atoms with van der Waals surface area (Å²) in [6, 6.07) is 15.0. The number of hydrogen-bond donors (Lipinski definition) is 2. The van der Waals surface area contributed by atoms with Gasteiger partial charge in [0, 0.05) is 11.4 Å². The van der Waals surface area contributed by atoms with E-state index in [2.05, 4.69) is 36.9 Å². The summed E-state index contributed by atoms with van der Waals surface area (Å²) in [5, 5.41) is 13.3. The van der Waals surface area contributed by atoms with Crippen molar-refractivity contribution >= 4 is 39.1 Å². The molecule has 0 bridgehead atoms. The molecule has 0 atom stereocenters. The van der Waals surface area contributed by atoms with E-state index in [4.69, 9.17) is 0 Å². The zero-order chi connectivity index (χ0) is 18.5. The molecule has 0 aliphatic rings. The second-order valence-corrected chi connectivity index (χ2v) is 6.53. The number of anilines is 2. The van der Waals surface area contributed by atoms with Gasteiger partial charge < -0.3 is 10.6 Å². The highest BCUT2D eigenvalue weighted by molar-refractivity contribution is 9.10. The number of nitrogens with zero attached hydrogens (tertiary/aromatic N) is 3. The molecule has 1 heterocycles. The molecular weight excluding hydrogens is 398 g/mol. The number of carbonyl (C=O) groups excluding carboxylic acids is 2. The second kappa shape index (κ2) is 7.92. The van der Waals surface area contributed by atoms with Gasteiger partial charge in [-0.15, -0.1) is 5.10 Å². The first kappa shape index (κ1) is 17.8. The van der Waals surface area contributed by atoms with Crippen LogP contribution in [-0.4, -0.2) is 26.8 Å². The molecule has 2 aromatic carbocycles. The number of amides is 2. The third kappa shape index (κ3) is 4.54. The maximum atomic E-state index is 12.5. The van der Waals surface area contributed by atoms with Crippen molar-refractivity contribution in [2.24, 2.45) is 0 Å². The Hall–Kier alpha value is -3.00. The second-order valence-electron chi connectivity index (χ2n) is 5.61. The predicted molar refractivity (Wildman–Crippen MR) is 102 cm³/mol.